The van der Waals surface area contributed by atoms with Gasteiger partial charge in [0.2, 0.25) is 0 Å². The van der Waals surface area contributed by atoms with Crippen LogP contribution < -0.4 is 5.90 Å². The summed E-state index contributed by atoms with van der Waals surface area (Å²) in [6, 6.07) is 0. The zero-order valence-electron chi connectivity index (χ0n) is 4.97. The Morgan fingerprint density at radius 3 is 2.10 bits per heavy atom. The topological polar surface area (TPSA) is 56.8 Å². The Kier molecular flexibility index (Phi) is 2.94. The van der Waals surface area contributed by atoms with Crippen molar-refractivity contribution in [3.63, 3.8) is 0 Å². The number of alkyl halides is 3. The van der Waals surface area contributed by atoms with Crippen molar-refractivity contribution < 1.29 is 22.8 Å². The second-order valence-corrected chi connectivity index (χ2v) is 1.19. The monoisotopic (exact) mass is 158 g/mol. The molecular formula is C3H5F3N2O2. The third kappa shape index (κ3) is 2.53. The van der Waals surface area contributed by atoms with E-state index in [0.717, 1.165) is 7.11 Å². The Hall–Kier alpha value is -0.980. The molecule has 0 bridgehead atoms. The molecule has 0 aliphatic rings. The van der Waals surface area contributed by atoms with Crippen LogP contribution in [0.1, 0.15) is 0 Å². The molecule has 0 saturated carbocycles. The second-order valence-electron chi connectivity index (χ2n) is 1.19. The molecule has 0 aliphatic heterocycles. The summed E-state index contributed by atoms with van der Waals surface area (Å²) in [7, 11) is 0.949. The fourth-order valence-electron chi connectivity index (χ4n) is 0.223. The highest BCUT2D eigenvalue weighted by Crippen LogP contribution is 2.16. The predicted octanol–water partition coefficient (Wildman–Crippen LogP) is 0.399. The fourth-order valence-corrected chi connectivity index (χ4v) is 0.223. The van der Waals surface area contributed by atoms with E-state index >= 15 is 0 Å². The molecule has 2 N–H and O–H groups in total. The van der Waals surface area contributed by atoms with Gasteiger partial charge in [0.05, 0.1) is 0 Å². The Bertz CT molecular complexity index is 132. The van der Waals surface area contributed by atoms with Gasteiger partial charge < -0.3 is 9.68 Å². The molecule has 0 radical (unpaired) electrons. The molecule has 0 aromatic heterocycles. The van der Waals surface area contributed by atoms with Gasteiger partial charge in [-0.15, -0.1) is 0 Å². The number of hydrogen-bond donors (Lipinski definition) is 1. The van der Waals surface area contributed by atoms with Gasteiger partial charge in [0, 0.05) is 0 Å². The van der Waals surface area contributed by atoms with Gasteiger partial charge in [0.1, 0.15) is 7.11 Å². The van der Waals surface area contributed by atoms with Crippen molar-refractivity contribution in [1.82, 2.24) is 0 Å². The van der Waals surface area contributed by atoms with Crippen molar-refractivity contribution in [3.8, 4) is 0 Å². The van der Waals surface area contributed by atoms with Crippen molar-refractivity contribution in [2.75, 3.05) is 7.11 Å². The van der Waals surface area contributed by atoms with Crippen molar-refractivity contribution in [2.24, 2.45) is 11.1 Å². The first-order valence-corrected chi connectivity index (χ1v) is 2.07. The molecule has 0 aromatic carbocycles. The standard InChI is InChI=1S/C3H5F3N2O2/c1-9-8-2(10-7)3(4,5)6/h7H2,1H3/b8-2-. The predicted molar refractivity (Wildman–Crippen MR) is 25.8 cm³/mol. The van der Waals surface area contributed by atoms with Crippen LogP contribution in [0.15, 0.2) is 5.16 Å². The highest BCUT2D eigenvalue weighted by atomic mass is 19.4. The van der Waals surface area contributed by atoms with E-state index < -0.39 is 12.1 Å². The Balaban J connectivity index is 4.21. The van der Waals surface area contributed by atoms with E-state index in [9.17, 15) is 13.2 Å². The number of oxime groups is 1. The van der Waals surface area contributed by atoms with Crippen molar-refractivity contribution >= 4 is 5.90 Å². The molecule has 0 atom stereocenters. The lowest BCUT2D eigenvalue weighted by atomic mass is 10.7. The van der Waals surface area contributed by atoms with Gasteiger partial charge in [-0.1, -0.05) is 0 Å². The number of nitrogens with two attached hydrogens (primary N) is 1. The maximum absolute atomic E-state index is 11.5. The molecule has 10 heavy (non-hydrogen) atoms. The third-order valence-corrected chi connectivity index (χ3v) is 0.528. The number of rotatable bonds is 1. The summed E-state index contributed by atoms with van der Waals surface area (Å²) in [6.07, 6.45) is -4.70. The van der Waals surface area contributed by atoms with Crippen LogP contribution in [-0.4, -0.2) is 19.2 Å². The maximum Gasteiger partial charge on any atom is 0.473 e. The van der Waals surface area contributed by atoms with Crippen LogP contribution in [0.2, 0.25) is 0 Å². The van der Waals surface area contributed by atoms with Crippen LogP contribution >= 0.6 is 0 Å². The quantitative estimate of drug-likeness (QED) is 0.341. The lowest BCUT2D eigenvalue weighted by Gasteiger charge is -2.04. The second kappa shape index (κ2) is 3.25. The summed E-state index contributed by atoms with van der Waals surface area (Å²) in [5.41, 5.74) is 0. The third-order valence-electron chi connectivity index (χ3n) is 0.528. The van der Waals surface area contributed by atoms with Crippen LogP contribution in [0, 0.1) is 0 Å². The molecule has 0 spiro atoms. The van der Waals surface area contributed by atoms with Crippen LogP contribution in [0.25, 0.3) is 0 Å². The first kappa shape index (κ1) is 9.02. The molecule has 0 saturated heterocycles. The molecule has 0 aliphatic carbocycles. The van der Waals surface area contributed by atoms with E-state index in [-0.39, 0.29) is 0 Å². The molecular weight excluding hydrogens is 153 g/mol. The first-order chi connectivity index (χ1) is 4.52. The van der Waals surface area contributed by atoms with Gasteiger partial charge in [0.25, 0.3) is 0 Å². The Labute approximate surface area is 54.3 Å². The highest BCUT2D eigenvalue weighted by molar-refractivity contribution is 5.80. The number of nitrogens with zero attached hydrogens (tertiary/aromatic N) is 1. The summed E-state index contributed by atoms with van der Waals surface area (Å²) in [4.78, 5) is 7.14. The van der Waals surface area contributed by atoms with Gasteiger partial charge in [-0.25, -0.2) is 0 Å². The minimum Gasteiger partial charge on any atom is -0.396 e. The van der Waals surface area contributed by atoms with Gasteiger partial charge in [-0.05, 0) is 5.16 Å². The number of halogens is 3. The summed E-state index contributed by atoms with van der Waals surface area (Å²) in [5, 5.41) is 2.46. The Morgan fingerprint density at radius 2 is 2.00 bits per heavy atom. The summed E-state index contributed by atoms with van der Waals surface area (Å²) in [6.45, 7) is 0. The van der Waals surface area contributed by atoms with E-state index in [2.05, 4.69) is 20.7 Å². The van der Waals surface area contributed by atoms with E-state index in [1.165, 1.54) is 0 Å². The van der Waals surface area contributed by atoms with Gasteiger partial charge in [0.15, 0.2) is 0 Å². The molecule has 0 fully saturated rings. The first-order valence-electron chi connectivity index (χ1n) is 2.07. The molecule has 0 rings (SSSR count). The zero-order valence-corrected chi connectivity index (χ0v) is 4.97. The van der Waals surface area contributed by atoms with E-state index in [0.29, 0.717) is 0 Å². The molecule has 0 aromatic rings. The minimum absolute atomic E-state index is 0.949. The molecule has 0 amide bonds. The van der Waals surface area contributed by atoms with Crippen LogP contribution in [0.3, 0.4) is 0 Å². The minimum atomic E-state index is -4.70. The van der Waals surface area contributed by atoms with Crippen molar-refractivity contribution in [2.45, 2.75) is 6.18 Å². The summed E-state index contributed by atoms with van der Waals surface area (Å²) in [5.74, 6) is 2.60. The zero-order chi connectivity index (χ0) is 8.20. The SMILES string of the molecule is CO/N=C(\ON)C(F)(F)F. The lowest BCUT2D eigenvalue weighted by molar-refractivity contribution is -0.0824. The fraction of sp³-hybridized carbons (Fsp3) is 0.667. The summed E-state index contributed by atoms with van der Waals surface area (Å²) >= 11 is 0. The highest BCUT2D eigenvalue weighted by Gasteiger charge is 2.39. The van der Waals surface area contributed by atoms with Gasteiger partial charge in [-0.3, -0.25) is 0 Å². The molecule has 0 unspecified atom stereocenters. The van der Waals surface area contributed by atoms with Gasteiger partial charge in [-0.2, -0.15) is 19.1 Å². The van der Waals surface area contributed by atoms with Gasteiger partial charge >= 0.3 is 12.1 Å². The average molecular weight is 158 g/mol. The largest absolute Gasteiger partial charge is 0.473 e. The molecule has 7 heteroatoms. The molecule has 4 nitrogen and oxygen atoms in total. The summed E-state index contributed by atoms with van der Waals surface area (Å²) < 4.78 is 34.5. The normalized spacial score (nSPS) is 13.1. The van der Waals surface area contributed by atoms with E-state index in [1.54, 1.807) is 0 Å². The average Bonchev–Trinajstić information content (AvgIpc) is 1.80. The molecule has 0 heterocycles. The van der Waals surface area contributed by atoms with Crippen molar-refractivity contribution in [3.05, 3.63) is 0 Å². The van der Waals surface area contributed by atoms with Crippen LogP contribution in [0.5, 0.6) is 0 Å². The maximum atomic E-state index is 11.5. The lowest BCUT2D eigenvalue weighted by Crippen LogP contribution is -2.28. The number of hydrogen-bond acceptors (Lipinski definition) is 4. The van der Waals surface area contributed by atoms with Crippen molar-refractivity contribution in [1.29, 1.82) is 0 Å². The van der Waals surface area contributed by atoms with E-state index in [4.69, 9.17) is 0 Å². The van der Waals surface area contributed by atoms with E-state index in [1.807, 2.05) is 0 Å². The van der Waals surface area contributed by atoms with Crippen LogP contribution in [0.4, 0.5) is 13.2 Å². The molecule has 60 valence electrons. The Morgan fingerprint density at radius 1 is 1.50 bits per heavy atom. The smallest absolute Gasteiger partial charge is 0.396 e. The van der Waals surface area contributed by atoms with Crippen LogP contribution in [-0.2, 0) is 9.68 Å².